The molecule has 1 fully saturated rings. The Bertz CT molecular complexity index is 688. The average molecular weight is 313 g/mol. The number of hydrogen-bond acceptors (Lipinski definition) is 3. The zero-order chi connectivity index (χ0) is 16.2. The summed E-state index contributed by atoms with van der Waals surface area (Å²) in [6, 6.07) is 12.5. The lowest BCUT2D eigenvalue weighted by Gasteiger charge is -2.32. The first-order valence-corrected chi connectivity index (χ1v) is 7.80. The van der Waals surface area contributed by atoms with Crippen molar-refractivity contribution in [2.24, 2.45) is 5.92 Å². The van der Waals surface area contributed by atoms with E-state index >= 15 is 0 Å². The molecule has 1 aliphatic carbocycles. The Morgan fingerprint density at radius 1 is 1.09 bits per heavy atom. The second kappa shape index (κ2) is 6.69. The summed E-state index contributed by atoms with van der Waals surface area (Å²) in [4.78, 5) is 25.4. The van der Waals surface area contributed by atoms with Crippen LogP contribution in [-0.2, 0) is 6.54 Å². The second-order valence-electron chi connectivity index (χ2n) is 5.94. The van der Waals surface area contributed by atoms with E-state index in [0.29, 0.717) is 19.0 Å². The summed E-state index contributed by atoms with van der Waals surface area (Å²) in [5.74, 6) is -1.03. The molecule has 1 aliphatic rings. The van der Waals surface area contributed by atoms with Crippen LogP contribution in [0.3, 0.4) is 0 Å². The van der Waals surface area contributed by atoms with Crippen molar-refractivity contribution in [3.63, 3.8) is 0 Å². The van der Waals surface area contributed by atoms with Crippen molar-refractivity contribution in [2.75, 3.05) is 6.54 Å². The third-order valence-corrected chi connectivity index (χ3v) is 4.23. The number of furan rings is 1. The van der Waals surface area contributed by atoms with Crippen LogP contribution < -0.4 is 0 Å². The molecule has 5 nitrogen and oxygen atoms in total. The minimum absolute atomic E-state index is 0.0812. The number of aromatic carboxylic acids is 1. The maximum atomic E-state index is 12.7. The van der Waals surface area contributed by atoms with E-state index in [4.69, 9.17) is 9.52 Å². The molecule has 1 amide bonds. The Morgan fingerprint density at radius 2 is 1.78 bits per heavy atom. The number of carbonyl (C=O) groups is 2. The standard InChI is InChI=1S/C18H19NO4/c20-17(15-9-10-16(23-15)18(21)22)19(12-14-7-4-8-14)11-13-5-2-1-3-6-13/h1-3,5-6,9-10,14H,4,7-8,11-12H2,(H,21,22). The highest BCUT2D eigenvalue weighted by Gasteiger charge is 2.26. The Morgan fingerprint density at radius 3 is 2.35 bits per heavy atom. The molecule has 0 saturated heterocycles. The number of amides is 1. The van der Waals surface area contributed by atoms with Gasteiger partial charge < -0.3 is 14.4 Å². The van der Waals surface area contributed by atoms with E-state index in [1.165, 1.54) is 18.6 Å². The molecule has 1 N–H and O–H groups in total. The molecule has 120 valence electrons. The third kappa shape index (κ3) is 3.62. The highest BCUT2D eigenvalue weighted by molar-refractivity contribution is 5.93. The molecule has 1 heterocycles. The van der Waals surface area contributed by atoms with Crippen molar-refractivity contribution in [2.45, 2.75) is 25.8 Å². The van der Waals surface area contributed by atoms with Crippen LogP contribution in [0.2, 0.25) is 0 Å². The molecule has 1 saturated carbocycles. The lowest BCUT2D eigenvalue weighted by Crippen LogP contribution is -2.36. The van der Waals surface area contributed by atoms with E-state index in [2.05, 4.69) is 0 Å². The zero-order valence-electron chi connectivity index (χ0n) is 12.8. The Hall–Kier alpha value is -2.56. The van der Waals surface area contributed by atoms with Gasteiger partial charge in [0.2, 0.25) is 5.76 Å². The Balaban J connectivity index is 1.77. The summed E-state index contributed by atoms with van der Waals surface area (Å²) in [5, 5.41) is 8.93. The van der Waals surface area contributed by atoms with E-state index in [-0.39, 0.29) is 17.4 Å². The van der Waals surface area contributed by atoms with Gasteiger partial charge >= 0.3 is 5.97 Å². The van der Waals surface area contributed by atoms with Crippen LogP contribution in [0.4, 0.5) is 0 Å². The van der Waals surface area contributed by atoms with E-state index < -0.39 is 5.97 Å². The van der Waals surface area contributed by atoms with Crippen LogP contribution in [-0.4, -0.2) is 28.4 Å². The highest BCUT2D eigenvalue weighted by atomic mass is 16.4. The van der Waals surface area contributed by atoms with E-state index in [9.17, 15) is 9.59 Å². The van der Waals surface area contributed by atoms with Gasteiger partial charge in [0, 0.05) is 13.1 Å². The number of hydrogen-bond donors (Lipinski definition) is 1. The predicted molar refractivity (Wildman–Crippen MR) is 84.2 cm³/mol. The van der Waals surface area contributed by atoms with Crippen molar-refractivity contribution in [1.82, 2.24) is 4.90 Å². The molecular weight excluding hydrogens is 294 g/mol. The first-order valence-electron chi connectivity index (χ1n) is 7.80. The number of carboxylic acids is 1. The van der Waals surface area contributed by atoms with Crippen molar-refractivity contribution < 1.29 is 19.1 Å². The van der Waals surface area contributed by atoms with Gasteiger partial charge in [-0.05, 0) is 36.5 Å². The number of rotatable bonds is 6. The normalized spacial score (nSPS) is 14.3. The van der Waals surface area contributed by atoms with Gasteiger partial charge in [-0.3, -0.25) is 4.79 Å². The lowest BCUT2D eigenvalue weighted by atomic mass is 9.85. The average Bonchev–Trinajstić information content (AvgIpc) is 3.00. The summed E-state index contributed by atoms with van der Waals surface area (Å²) in [6.07, 6.45) is 3.48. The van der Waals surface area contributed by atoms with Crippen LogP contribution in [0.1, 0.15) is 45.9 Å². The van der Waals surface area contributed by atoms with Gasteiger partial charge in [-0.2, -0.15) is 0 Å². The van der Waals surface area contributed by atoms with Crippen LogP contribution in [0.25, 0.3) is 0 Å². The van der Waals surface area contributed by atoms with Gasteiger partial charge in [-0.15, -0.1) is 0 Å². The smallest absolute Gasteiger partial charge is 0.371 e. The van der Waals surface area contributed by atoms with Crippen LogP contribution in [0, 0.1) is 5.92 Å². The molecule has 1 aromatic carbocycles. The van der Waals surface area contributed by atoms with E-state index in [1.807, 2.05) is 30.3 Å². The van der Waals surface area contributed by atoms with Gasteiger partial charge in [0.25, 0.3) is 5.91 Å². The summed E-state index contributed by atoms with van der Waals surface area (Å²) in [7, 11) is 0. The third-order valence-electron chi connectivity index (χ3n) is 4.23. The molecule has 2 aromatic rings. The molecule has 0 atom stereocenters. The zero-order valence-corrected chi connectivity index (χ0v) is 12.8. The summed E-state index contributed by atoms with van der Waals surface area (Å²) in [6.45, 7) is 1.18. The molecule has 0 spiro atoms. The van der Waals surface area contributed by atoms with Crippen molar-refractivity contribution >= 4 is 11.9 Å². The fourth-order valence-corrected chi connectivity index (χ4v) is 2.73. The molecular formula is C18H19NO4. The van der Waals surface area contributed by atoms with Crippen molar-refractivity contribution in [3.8, 4) is 0 Å². The second-order valence-corrected chi connectivity index (χ2v) is 5.94. The maximum absolute atomic E-state index is 12.7. The van der Waals surface area contributed by atoms with Crippen LogP contribution in [0.15, 0.2) is 46.9 Å². The van der Waals surface area contributed by atoms with Gasteiger partial charge in [-0.1, -0.05) is 36.8 Å². The fraction of sp³-hybridized carbons (Fsp3) is 0.333. The van der Waals surface area contributed by atoms with E-state index in [0.717, 1.165) is 18.4 Å². The summed E-state index contributed by atoms with van der Waals surface area (Å²) >= 11 is 0. The molecule has 5 heteroatoms. The molecule has 0 unspecified atom stereocenters. The molecule has 0 radical (unpaired) electrons. The minimum atomic E-state index is -1.17. The fourth-order valence-electron chi connectivity index (χ4n) is 2.73. The molecule has 23 heavy (non-hydrogen) atoms. The SMILES string of the molecule is O=C(O)c1ccc(C(=O)N(Cc2ccccc2)CC2CCC2)o1. The summed E-state index contributed by atoms with van der Waals surface area (Å²) < 4.78 is 5.17. The number of nitrogens with zero attached hydrogens (tertiary/aromatic N) is 1. The number of benzene rings is 1. The topological polar surface area (TPSA) is 70.8 Å². The van der Waals surface area contributed by atoms with Crippen LogP contribution in [0.5, 0.6) is 0 Å². The molecule has 0 aliphatic heterocycles. The largest absolute Gasteiger partial charge is 0.475 e. The Labute approximate surface area is 134 Å². The first-order chi connectivity index (χ1) is 11.1. The number of carboxylic acid groups (broad SMARTS) is 1. The highest BCUT2D eigenvalue weighted by Crippen LogP contribution is 2.28. The van der Waals surface area contributed by atoms with Gasteiger partial charge in [0.1, 0.15) is 0 Å². The Kier molecular flexibility index (Phi) is 4.46. The molecule has 3 rings (SSSR count). The van der Waals surface area contributed by atoms with E-state index in [1.54, 1.807) is 4.90 Å². The quantitative estimate of drug-likeness (QED) is 0.887. The van der Waals surface area contributed by atoms with Gasteiger partial charge in [-0.25, -0.2) is 4.79 Å². The maximum Gasteiger partial charge on any atom is 0.371 e. The summed E-state index contributed by atoms with van der Waals surface area (Å²) in [5.41, 5.74) is 1.05. The van der Waals surface area contributed by atoms with Crippen LogP contribution >= 0.6 is 0 Å². The van der Waals surface area contributed by atoms with Crippen molar-refractivity contribution in [3.05, 3.63) is 59.5 Å². The van der Waals surface area contributed by atoms with Crippen molar-refractivity contribution in [1.29, 1.82) is 0 Å². The molecule has 1 aromatic heterocycles. The minimum Gasteiger partial charge on any atom is -0.475 e. The number of carbonyl (C=O) groups excluding carboxylic acids is 1. The monoisotopic (exact) mass is 313 g/mol. The predicted octanol–water partition coefficient (Wildman–Crippen LogP) is 3.42. The van der Waals surface area contributed by atoms with Gasteiger partial charge in [0.15, 0.2) is 5.76 Å². The van der Waals surface area contributed by atoms with Gasteiger partial charge in [0.05, 0.1) is 0 Å². The lowest BCUT2D eigenvalue weighted by molar-refractivity contribution is 0.0622. The first kappa shape index (κ1) is 15.3. The molecule has 0 bridgehead atoms.